The molecule has 0 amide bonds. The molecule has 0 saturated heterocycles. The summed E-state index contributed by atoms with van der Waals surface area (Å²) in [5.74, 6) is -0.168. The second-order valence-electron chi connectivity index (χ2n) is 8.66. The fraction of sp³-hybridized carbons (Fsp3) is 0.333. The Morgan fingerprint density at radius 1 is 0.765 bits per heavy atom. The highest BCUT2D eigenvalue weighted by molar-refractivity contribution is 7.80. The molecule has 0 spiro atoms. The van der Waals surface area contributed by atoms with Gasteiger partial charge in [0.05, 0.1) is 5.56 Å². The normalized spacial score (nSPS) is 10.7. The SMILES string of the molecule is CCCCCCCCCCc1cccc(-c2ccc(C(=O)O)cc2)c1OC(=S)c1ccccc1. The van der Waals surface area contributed by atoms with E-state index in [1.165, 1.54) is 44.9 Å². The first-order valence-electron chi connectivity index (χ1n) is 12.3. The molecule has 34 heavy (non-hydrogen) atoms. The number of aromatic carboxylic acids is 1. The molecule has 3 aromatic carbocycles. The molecular weight excluding hydrogens is 440 g/mol. The number of thiocarbonyl (C=S) groups is 1. The van der Waals surface area contributed by atoms with E-state index in [9.17, 15) is 9.90 Å². The summed E-state index contributed by atoms with van der Waals surface area (Å²) in [6.07, 6.45) is 11.1. The molecule has 0 unspecified atom stereocenters. The Kier molecular flexibility index (Phi) is 10.3. The Labute approximate surface area is 208 Å². The van der Waals surface area contributed by atoms with Gasteiger partial charge in [0.25, 0.3) is 0 Å². The minimum Gasteiger partial charge on any atom is -0.478 e. The number of carbonyl (C=O) groups is 1. The molecule has 0 radical (unpaired) electrons. The van der Waals surface area contributed by atoms with E-state index in [-0.39, 0.29) is 5.56 Å². The number of benzene rings is 3. The Morgan fingerprint density at radius 3 is 2.06 bits per heavy atom. The Bertz CT molecular complexity index is 1060. The molecule has 0 aromatic heterocycles. The van der Waals surface area contributed by atoms with Crippen LogP contribution in [-0.4, -0.2) is 16.1 Å². The van der Waals surface area contributed by atoms with Crippen molar-refractivity contribution in [3.8, 4) is 16.9 Å². The molecule has 178 valence electrons. The molecule has 0 bridgehead atoms. The maximum Gasteiger partial charge on any atom is 0.335 e. The summed E-state index contributed by atoms with van der Waals surface area (Å²) in [6.45, 7) is 2.25. The molecule has 0 aliphatic heterocycles. The number of aryl methyl sites for hydroxylation is 1. The van der Waals surface area contributed by atoms with E-state index >= 15 is 0 Å². The van der Waals surface area contributed by atoms with Gasteiger partial charge in [-0.05, 0) is 48.3 Å². The topological polar surface area (TPSA) is 46.5 Å². The van der Waals surface area contributed by atoms with E-state index < -0.39 is 5.97 Å². The van der Waals surface area contributed by atoms with Crippen molar-refractivity contribution in [3.63, 3.8) is 0 Å². The number of ether oxygens (including phenoxy) is 1. The van der Waals surface area contributed by atoms with Gasteiger partial charge in [0, 0.05) is 11.1 Å². The van der Waals surface area contributed by atoms with Crippen LogP contribution in [0.4, 0.5) is 0 Å². The zero-order valence-corrected chi connectivity index (χ0v) is 20.8. The van der Waals surface area contributed by atoms with Crippen LogP contribution in [0.15, 0.2) is 72.8 Å². The third kappa shape index (κ3) is 7.53. The van der Waals surface area contributed by atoms with E-state index in [1.807, 2.05) is 54.6 Å². The molecular formula is C30H34O3S. The summed E-state index contributed by atoms with van der Waals surface area (Å²) < 4.78 is 6.33. The van der Waals surface area contributed by atoms with Crippen LogP contribution < -0.4 is 4.74 Å². The molecule has 3 aromatic rings. The van der Waals surface area contributed by atoms with Crippen LogP contribution in [-0.2, 0) is 6.42 Å². The van der Waals surface area contributed by atoms with Gasteiger partial charge in [-0.3, -0.25) is 0 Å². The summed E-state index contributed by atoms with van der Waals surface area (Å²) >= 11 is 5.63. The zero-order chi connectivity index (χ0) is 24.2. The number of carboxylic acid groups (broad SMARTS) is 1. The molecule has 3 rings (SSSR count). The first-order chi connectivity index (χ1) is 16.6. The highest BCUT2D eigenvalue weighted by Crippen LogP contribution is 2.35. The lowest BCUT2D eigenvalue weighted by molar-refractivity contribution is 0.0697. The van der Waals surface area contributed by atoms with E-state index in [1.54, 1.807) is 12.1 Å². The van der Waals surface area contributed by atoms with Gasteiger partial charge in [-0.15, -0.1) is 0 Å². The van der Waals surface area contributed by atoms with Crippen LogP contribution in [0.2, 0.25) is 0 Å². The Balaban J connectivity index is 1.78. The highest BCUT2D eigenvalue weighted by Gasteiger charge is 2.15. The van der Waals surface area contributed by atoms with Crippen LogP contribution in [0.1, 0.15) is 79.8 Å². The molecule has 1 N–H and O–H groups in total. The standard InChI is InChI=1S/C30H34O3S/c1-2-3-4-5-6-7-8-10-14-24-17-13-18-27(23-19-21-25(22-20-23)29(31)32)28(24)33-30(34)26-15-11-9-12-16-26/h9,11-13,15-22H,2-8,10,14H2,1H3,(H,31,32). The smallest absolute Gasteiger partial charge is 0.335 e. The van der Waals surface area contributed by atoms with Crippen LogP contribution >= 0.6 is 12.2 Å². The van der Waals surface area contributed by atoms with Crippen molar-refractivity contribution in [3.05, 3.63) is 89.5 Å². The minimum atomic E-state index is -0.934. The summed E-state index contributed by atoms with van der Waals surface area (Å²) in [5.41, 5.74) is 4.10. The second kappa shape index (κ2) is 13.7. The van der Waals surface area contributed by atoms with Gasteiger partial charge in [-0.25, -0.2) is 4.79 Å². The Hall–Kier alpha value is -2.98. The van der Waals surface area contributed by atoms with E-state index in [0.717, 1.165) is 40.8 Å². The predicted molar refractivity (Wildman–Crippen MR) is 144 cm³/mol. The van der Waals surface area contributed by atoms with Crippen molar-refractivity contribution in [2.24, 2.45) is 0 Å². The van der Waals surface area contributed by atoms with Crippen molar-refractivity contribution < 1.29 is 14.6 Å². The average Bonchev–Trinajstić information content (AvgIpc) is 2.87. The van der Waals surface area contributed by atoms with Crippen molar-refractivity contribution >= 4 is 23.2 Å². The number of carboxylic acids is 1. The van der Waals surface area contributed by atoms with Gasteiger partial charge >= 0.3 is 5.97 Å². The van der Waals surface area contributed by atoms with Crippen molar-refractivity contribution in [2.75, 3.05) is 0 Å². The highest BCUT2D eigenvalue weighted by atomic mass is 32.1. The van der Waals surface area contributed by atoms with Crippen LogP contribution in [0.5, 0.6) is 5.75 Å². The lowest BCUT2D eigenvalue weighted by atomic mass is 9.97. The van der Waals surface area contributed by atoms with Crippen LogP contribution in [0.3, 0.4) is 0 Å². The maximum absolute atomic E-state index is 11.3. The first-order valence-corrected chi connectivity index (χ1v) is 12.7. The lowest BCUT2D eigenvalue weighted by Gasteiger charge is -2.17. The number of para-hydroxylation sites is 1. The van der Waals surface area contributed by atoms with Gasteiger partial charge in [0.1, 0.15) is 5.75 Å². The molecule has 0 atom stereocenters. The summed E-state index contributed by atoms with van der Waals surface area (Å²) in [6, 6.07) is 22.8. The van der Waals surface area contributed by atoms with Gasteiger partial charge in [-0.1, -0.05) is 113 Å². The van der Waals surface area contributed by atoms with Gasteiger partial charge in [0.2, 0.25) is 0 Å². The van der Waals surface area contributed by atoms with Gasteiger partial charge < -0.3 is 9.84 Å². The fourth-order valence-corrected chi connectivity index (χ4v) is 4.32. The molecule has 0 aliphatic carbocycles. The Morgan fingerprint density at radius 2 is 1.41 bits per heavy atom. The van der Waals surface area contributed by atoms with Crippen LogP contribution in [0.25, 0.3) is 11.1 Å². The molecule has 0 fully saturated rings. The largest absolute Gasteiger partial charge is 0.478 e. The monoisotopic (exact) mass is 474 g/mol. The molecule has 0 heterocycles. The number of hydrogen-bond acceptors (Lipinski definition) is 3. The number of unbranched alkanes of at least 4 members (excludes halogenated alkanes) is 7. The summed E-state index contributed by atoms with van der Waals surface area (Å²) in [7, 11) is 0. The quantitative estimate of drug-likeness (QED) is 0.199. The lowest BCUT2D eigenvalue weighted by Crippen LogP contribution is -2.09. The number of hydrogen-bond donors (Lipinski definition) is 1. The third-order valence-electron chi connectivity index (χ3n) is 6.04. The van der Waals surface area contributed by atoms with Gasteiger partial charge in [-0.2, -0.15) is 0 Å². The molecule has 3 nitrogen and oxygen atoms in total. The van der Waals surface area contributed by atoms with Crippen molar-refractivity contribution in [1.82, 2.24) is 0 Å². The van der Waals surface area contributed by atoms with E-state index in [2.05, 4.69) is 13.0 Å². The van der Waals surface area contributed by atoms with Gasteiger partial charge in [0.15, 0.2) is 5.05 Å². The minimum absolute atomic E-state index is 0.265. The molecule has 4 heteroatoms. The fourth-order valence-electron chi connectivity index (χ4n) is 4.10. The number of rotatable bonds is 13. The van der Waals surface area contributed by atoms with E-state index in [4.69, 9.17) is 17.0 Å². The first kappa shape index (κ1) is 25.6. The maximum atomic E-state index is 11.3. The van der Waals surface area contributed by atoms with Crippen molar-refractivity contribution in [1.29, 1.82) is 0 Å². The average molecular weight is 475 g/mol. The summed E-state index contributed by atoms with van der Waals surface area (Å²) in [5, 5.41) is 9.69. The third-order valence-corrected chi connectivity index (χ3v) is 6.36. The second-order valence-corrected chi connectivity index (χ2v) is 9.03. The molecule has 0 saturated carbocycles. The van der Waals surface area contributed by atoms with Crippen LogP contribution in [0, 0.1) is 0 Å². The predicted octanol–water partition coefficient (Wildman–Crippen LogP) is 8.49. The van der Waals surface area contributed by atoms with Crippen molar-refractivity contribution in [2.45, 2.75) is 64.7 Å². The van der Waals surface area contributed by atoms with E-state index in [0.29, 0.717) is 5.05 Å². The molecule has 0 aliphatic rings. The summed E-state index contributed by atoms with van der Waals surface area (Å²) in [4.78, 5) is 11.3. The zero-order valence-electron chi connectivity index (χ0n) is 20.0.